The molecule has 0 atom stereocenters. The normalized spacial score (nSPS) is 13.5. The van der Waals surface area contributed by atoms with Crippen LogP contribution in [0.5, 0.6) is 0 Å². The van der Waals surface area contributed by atoms with Gasteiger partial charge in [0.15, 0.2) is 0 Å². The highest BCUT2D eigenvalue weighted by Gasteiger charge is 2.31. The Balaban J connectivity index is 1.36. The molecule has 1 aromatic carbocycles. The molecule has 3 N–H and O–H groups in total. The molecule has 0 unspecified atom stereocenters. The van der Waals surface area contributed by atoms with Crippen LogP contribution in [0.15, 0.2) is 36.7 Å². The Morgan fingerprint density at radius 3 is 2.81 bits per heavy atom. The molecule has 9 nitrogen and oxygen atoms in total. The fourth-order valence-electron chi connectivity index (χ4n) is 4.18. The van der Waals surface area contributed by atoms with Crippen molar-refractivity contribution < 1.29 is 14.3 Å². The number of carbonyl (C=O) groups excluding carboxylic acids is 2. The molecule has 2 amide bonds. The van der Waals surface area contributed by atoms with Crippen molar-refractivity contribution >= 4 is 49.9 Å². The molecule has 1 aliphatic rings. The first-order valence-electron chi connectivity index (χ1n) is 12.2. The molecule has 0 saturated carbocycles. The Hall–Kier alpha value is -3.28. The Morgan fingerprint density at radius 1 is 1.22 bits per heavy atom. The summed E-state index contributed by atoms with van der Waals surface area (Å²) >= 11 is 3.15. The number of H-pyrrole nitrogens is 1. The predicted octanol–water partition coefficient (Wildman–Crippen LogP) is 5.16. The van der Waals surface area contributed by atoms with E-state index in [1.165, 1.54) is 11.3 Å². The van der Waals surface area contributed by atoms with E-state index in [4.69, 9.17) is 9.72 Å². The summed E-state index contributed by atoms with van der Waals surface area (Å²) in [5.74, 6) is -0.0651. The van der Waals surface area contributed by atoms with Gasteiger partial charge in [-0.05, 0) is 44.9 Å². The van der Waals surface area contributed by atoms with Crippen molar-refractivity contribution in [3.8, 4) is 10.6 Å². The van der Waals surface area contributed by atoms with E-state index in [1.54, 1.807) is 22.4 Å². The Bertz CT molecular complexity index is 1370. The van der Waals surface area contributed by atoms with Gasteiger partial charge in [0.05, 0.1) is 23.0 Å². The van der Waals surface area contributed by atoms with E-state index in [0.29, 0.717) is 39.0 Å². The van der Waals surface area contributed by atoms with E-state index < -0.39 is 5.60 Å². The monoisotopic (exact) mass is 538 g/mol. The summed E-state index contributed by atoms with van der Waals surface area (Å²) in [6, 6.07) is 8.05. The number of ether oxygens (including phenoxy) is 1. The second-order valence-electron chi connectivity index (χ2n) is 9.93. The molecule has 4 heterocycles. The lowest BCUT2D eigenvalue weighted by atomic mass is 10.0. The summed E-state index contributed by atoms with van der Waals surface area (Å²) in [6.07, 6.45) is 4.28. The number of nitrogens with zero attached hydrogens (tertiary/aromatic N) is 3. The van der Waals surface area contributed by atoms with Gasteiger partial charge in [0.1, 0.15) is 15.6 Å². The van der Waals surface area contributed by atoms with E-state index in [0.717, 1.165) is 41.8 Å². The lowest BCUT2D eigenvalue weighted by Gasteiger charge is -2.30. The number of rotatable bonds is 7. The maximum atomic E-state index is 12.9. The van der Waals surface area contributed by atoms with Crippen LogP contribution >= 0.6 is 22.7 Å². The first kappa shape index (κ1) is 25.4. The number of carbonyl (C=O) groups is 2. The fourth-order valence-corrected chi connectivity index (χ4v) is 6.57. The first-order valence-corrected chi connectivity index (χ1v) is 13.9. The number of hydrogen-bond donors (Lipinski definition) is 3. The van der Waals surface area contributed by atoms with E-state index in [2.05, 4.69) is 26.9 Å². The molecule has 0 bridgehead atoms. The zero-order valence-electron chi connectivity index (χ0n) is 21.1. The largest absolute Gasteiger partial charge is 0.444 e. The van der Waals surface area contributed by atoms with Gasteiger partial charge >= 0.3 is 6.09 Å². The number of aromatic nitrogens is 3. The van der Waals surface area contributed by atoms with Crippen LogP contribution in [0.2, 0.25) is 0 Å². The van der Waals surface area contributed by atoms with Gasteiger partial charge in [-0.1, -0.05) is 12.1 Å². The number of thiophene rings is 1. The first-order chi connectivity index (χ1) is 17.8. The number of fused-ring (bicyclic) bond motifs is 2. The van der Waals surface area contributed by atoms with Crippen molar-refractivity contribution in [1.29, 1.82) is 0 Å². The summed E-state index contributed by atoms with van der Waals surface area (Å²) in [5, 5.41) is 14.8. The molecule has 3 aromatic heterocycles. The van der Waals surface area contributed by atoms with Crippen LogP contribution in [0.25, 0.3) is 20.8 Å². The molecule has 0 saturated heterocycles. The van der Waals surface area contributed by atoms with Crippen molar-refractivity contribution in [2.45, 2.75) is 52.3 Å². The van der Waals surface area contributed by atoms with Crippen LogP contribution in [0.3, 0.4) is 0 Å². The third-order valence-corrected chi connectivity index (χ3v) is 8.07. The maximum Gasteiger partial charge on any atom is 0.410 e. The van der Waals surface area contributed by atoms with E-state index in [1.807, 2.05) is 45.2 Å². The molecule has 4 aromatic rings. The molecular formula is C26H30N6O3S2. The van der Waals surface area contributed by atoms with Crippen LogP contribution in [-0.2, 0) is 29.0 Å². The number of thiazole rings is 1. The standard InChI is InChI=1S/C26H30N6O3S2/c1-26(2,3)35-25(34)32-11-9-17-20(15-32)37-24(22(17)23-30-18-6-4-5-7-19(18)36-23)31-21(33)8-10-27-12-16-13-28-29-14-16/h4-7,13-14,27H,8-12,15H2,1-3H3,(H,28,29)(H,31,33). The molecule has 1 aliphatic heterocycles. The third-order valence-electron chi connectivity index (χ3n) is 5.88. The van der Waals surface area contributed by atoms with Crippen LogP contribution in [-0.4, -0.2) is 50.8 Å². The number of nitrogens with one attached hydrogen (secondary N) is 3. The molecule has 0 radical (unpaired) electrons. The molecule has 37 heavy (non-hydrogen) atoms. The number of amides is 2. The zero-order valence-corrected chi connectivity index (χ0v) is 22.7. The average molecular weight is 539 g/mol. The van der Waals surface area contributed by atoms with Crippen molar-refractivity contribution in [1.82, 2.24) is 25.4 Å². The van der Waals surface area contributed by atoms with Crippen LogP contribution in [0.4, 0.5) is 9.80 Å². The van der Waals surface area contributed by atoms with Gasteiger partial charge in [-0.2, -0.15) is 5.10 Å². The molecule has 0 fully saturated rings. The minimum Gasteiger partial charge on any atom is -0.444 e. The van der Waals surface area contributed by atoms with Gasteiger partial charge in [-0.3, -0.25) is 9.89 Å². The van der Waals surface area contributed by atoms with Crippen molar-refractivity contribution in [2.24, 2.45) is 0 Å². The molecule has 5 rings (SSSR count). The maximum absolute atomic E-state index is 12.9. The van der Waals surface area contributed by atoms with E-state index in [-0.39, 0.29) is 12.0 Å². The summed E-state index contributed by atoms with van der Waals surface area (Å²) < 4.78 is 6.70. The van der Waals surface area contributed by atoms with Gasteiger partial charge in [-0.25, -0.2) is 9.78 Å². The van der Waals surface area contributed by atoms with E-state index in [9.17, 15) is 9.59 Å². The van der Waals surface area contributed by atoms with Gasteiger partial charge in [0, 0.05) is 48.3 Å². The summed E-state index contributed by atoms with van der Waals surface area (Å²) in [4.78, 5) is 33.3. The molecule has 11 heteroatoms. The highest BCUT2D eigenvalue weighted by atomic mass is 32.1. The highest BCUT2D eigenvalue weighted by Crippen LogP contribution is 2.45. The topological polar surface area (TPSA) is 112 Å². The molecular weight excluding hydrogens is 508 g/mol. The fraction of sp³-hybridized carbons (Fsp3) is 0.385. The van der Waals surface area contributed by atoms with E-state index >= 15 is 0 Å². The quantitative estimate of drug-likeness (QED) is 0.280. The van der Waals surface area contributed by atoms with Crippen molar-refractivity contribution in [3.63, 3.8) is 0 Å². The minimum atomic E-state index is -0.552. The highest BCUT2D eigenvalue weighted by molar-refractivity contribution is 7.22. The number of aromatic amines is 1. The number of hydrogen-bond acceptors (Lipinski definition) is 8. The zero-order chi connectivity index (χ0) is 26.0. The minimum absolute atomic E-state index is 0.0651. The van der Waals surface area contributed by atoms with Crippen LogP contribution in [0, 0.1) is 0 Å². The SMILES string of the molecule is CC(C)(C)OC(=O)N1CCc2c(sc(NC(=O)CCNCc3cn[nH]c3)c2-c2nc3ccccc3s2)C1. The lowest BCUT2D eigenvalue weighted by molar-refractivity contribution is -0.116. The molecule has 194 valence electrons. The van der Waals surface area contributed by atoms with Gasteiger partial charge < -0.3 is 20.3 Å². The smallest absolute Gasteiger partial charge is 0.410 e. The number of anilines is 1. The summed E-state index contributed by atoms with van der Waals surface area (Å²) in [6.45, 7) is 7.81. The van der Waals surface area contributed by atoms with Gasteiger partial charge in [0.2, 0.25) is 5.91 Å². The number of benzene rings is 1. The average Bonchev–Trinajstić information content (AvgIpc) is 3.58. The van der Waals surface area contributed by atoms with Gasteiger partial charge in [0.25, 0.3) is 0 Å². The predicted molar refractivity (Wildman–Crippen MR) is 147 cm³/mol. The van der Waals surface area contributed by atoms with Crippen LogP contribution in [0.1, 0.15) is 43.2 Å². The second-order valence-corrected chi connectivity index (χ2v) is 12.1. The Labute approximate surface area is 223 Å². The Kier molecular flexibility index (Phi) is 7.27. The lowest BCUT2D eigenvalue weighted by Crippen LogP contribution is -2.39. The van der Waals surface area contributed by atoms with Crippen LogP contribution < -0.4 is 10.6 Å². The third kappa shape index (κ3) is 6.00. The number of para-hydroxylation sites is 1. The summed E-state index contributed by atoms with van der Waals surface area (Å²) in [5.41, 5.74) is 3.55. The Morgan fingerprint density at radius 2 is 2.05 bits per heavy atom. The van der Waals surface area contributed by atoms with Crippen molar-refractivity contribution in [3.05, 3.63) is 52.7 Å². The second kappa shape index (κ2) is 10.6. The molecule has 0 aliphatic carbocycles. The summed E-state index contributed by atoms with van der Waals surface area (Å²) in [7, 11) is 0. The van der Waals surface area contributed by atoms with Crippen molar-refractivity contribution in [2.75, 3.05) is 18.4 Å². The molecule has 0 spiro atoms. The van der Waals surface area contributed by atoms with Gasteiger partial charge in [-0.15, -0.1) is 22.7 Å².